The third kappa shape index (κ3) is 7.99. The van der Waals surface area contributed by atoms with Crippen LogP contribution in [-0.4, -0.2) is 36.1 Å². The van der Waals surface area contributed by atoms with Crippen LogP contribution in [0.2, 0.25) is 6.04 Å². The zero-order valence-electron chi connectivity index (χ0n) is 9.37. The first-order valence-electron chi connectivity index (χ1n) is 4.26. The topological polar surface area (TPSA) is 105 Å². The van der Waals surface area contributed by atoms with Gasteiger partial charge in [-0.25, -0.2) is 0 Å². The van der Waals surface area contributed by atoms with E-state index in [1.165, 1.54) is 0 Å². The number of hydrogen-bond donors (Lipinski definition) is 3. The maximum absolute atomic E-state index is 5.17. The zero-order valence-corrected chi connectivity index (χ0v) is 10.4. The van der Waals surface area contributed by atoms with Gasteiger partial charge in [-0.05, 0) is 0 Å². The van der Waals surface area contributed by atoms with Crippen LogP contribution in [0.1, 0.15) is 13.3 Å². The highest BCUT2D eigenvalue weighted by Gasteiger charge is 2.36. The summed E-state index contributed by atoms with van der Waals surface area (Å²) in [5, 5.41) is 4.58. The summed E-state index contributed by atoms with van der Waals surface area (Å²) >= 11 is 0. The average Bonchev–Trinajstić information content (AvgIpc) is 2.14. The van der Waals surface area contributed by atoms with Crippen molar-refractivity contribution in [2.45, 2.75) is 19.4 Å². The molecule has 6 nitrogen and oxygen atoms in total. The molecule has 0 radical (unpaired) electrons. The van der Waals surface area contributed by atoms with Gasteiger partial charge >= 0.3 is 14.8 Å². The lowest BCUT2D eigenvalue weighted by Gasteiger charge is -2.23. The molecule has 0 unspecified atom stereocenters. The SMILES string of the molecule is CCC[Si](OC)(OC)OC.NC(N)=[NH2+]. The van der Waals surface area contributed by atoms with E-state index in [0.29, 0.717) is 0 Å². The van der Waals surface area contributed by atoms with Crippen LogP contribution in [0.5, 0.6) is 0 Å². The summed E-state index contributed by atoms with van der Waals surface area (Å²) in [6.07, 6.45) is 1.03. The summed E-state index contributed by atoms with van der Waals surface area (Å²) in [4.78, 5) is 0. The van der Waals surface area contributed by atoms with E-state index in [2.05, 4.69) is 23.8 Å². The molecule has 6 N–H and O–H groups in total. The molecule has 0 aliphatic carbocycles. The molecule has 14 heavy (non-hydrogen) atoms. The van der Waals surface area contributed by atoms with Gasteiger partial charge in [-0.2, -0.15) is 0 Å². The third-order valence-corrected chi connectivity index (χ3v) is 4.47. The molecule has 0 atom stereocenters. The molecule has 86 valence electrons. The first-order valence-corrected chi connectivity index (χ1v) is 6.20. The molecule has 0 spiro atoms. The fourth-order valence-electron chi connectivity index (χ4n) is 0.862. The van der Waals surface area contributed by atoms with Crippen LogP contribution in [0, 0.1) is 0 Å². The summed E-state index contributed by atoms with van der Waals surface area (Å²) < 4.78 is 15.5. The van der Waals surface area contributed by atoms with Gasteiger partial charge in [0, 0.05) is 27.4 Å². The predicted octanol–water partition coefficient (Wildman–Crippen LogP) is -1.71. The van der Waals surface area contributed by atoms with Gasteiger partial charge in [0.2, 0.25) is 0 Å². The van der Waals surface area contributed by atoms with Gasteiger partial charge < -0.3 is 13.3 Å². The van der Waals surface area contributed by atoms with Crippen molar-refractivity contribution in [3.8, 4) is 0 Å². The minimum atomic E-state index is -2.22. The Morgan fingerprint density at radius 1 is 1.14 bits per heavy atom. The molecular weight excluding hydrogens is 202 g/mol. The van der Waals surface area contributed by atoms with E-state index < -0.39 is 8.80 Å². The van der Waals surface area contributed by atoms with Gasteiger partial charge in [0.15, 0.2) is 0 Å². The highest BCUT2D eigenvalue weighted by Crippen LogP contribution is 2.13. The second-order valence-electron chi connectivity index (χ2n) is 2.55. The highest BCUT2D eigenvalue weighted by atomic mass is 28.4. The summed E-state index contributed by atoms with van der Waals surface area (Å²) in [6, 6.07) is 0.885. The average molecular weight is 224 g/mol. The van der Waals surface area contributed by atoms with Gasteiger partial charge in [-0.3, -0.25) is 16.9 Å². The van der Waals surface area contributed by atoms with E-state index in [4.69, 9.17) is 13.3 Å². The van der Waals surface area contributed by atoms with Crippen molar-refractivity contribution in [2.24, 2.45) is 11.5 Å². The molecule has 0 aliphatic rings. The van der Waals surface area contributed by atoms with Crippen molar-refractivity contribution in [1.29, 1.82) is 0 Å². The van der Waals surface area contributed by atoms with Crippen molar-refractivity contribution < 1.29 is 18.7 Å². The van der Waals surface area contributed by atoms with Crippen LogP contribution >= 0.6 is 0 Å². The van der Waals surface area contributed by atoms with Crippen LogP contribution in [-0.2, 0) is 13.3 Å². The fraction of sp³-hybridized carbons (Fsp3) is 0.857. The molecular formula is C7H22N3O3Si+. The lowest BCUT2D eigenvalue weighted by molar-refractivity contribution is -0.116. The van der Waals surface area contributed by atoms with Gasteiger partial charge in [0.05, 0.1) is 0 Å². The summed E-state index contributed by atoms with van der Waals surface area (Å²) in [5.41, 5.74) is 9.17. The predicted molar refractivity (Wildman–Crippen MR) is 57.2 cm³/mol. The van der Waals surface area contributed by atoms with E-state index >= 15 is 0 Å². The molecule has 0 bridgehead atoms. The van der Waals surface area contributed by atoms with E-state index in [1.54, 1.807) is 21.3 Å². The molecule has 0 aromatic carbocycles. The number of rotatable bonds is 5. The van der Waals surface area contributed by atoms with Crippen LogP contribution in [0.3, 0.4) is 0 Å². The van der Waals surface area contributed by atoms with E-state index in [9.17, 15) is 0 Å². The van der Waals surface area contributed by atoms with Crippen molar-refractivity contribution in [3.63, 3.8) is 0 Å². The smallest absolute Gasteiger partial charge is 0.377 e. The lowest BCUT2D eigenvalue weighted by atomic mass is 10.6. The zero-order chi connectivity index (χ0) is 11.6. The molecule has 0 rings (SSSR count). The Hall–Kier alpha value is -0.633. The van der Waals surface area contributed by atoms with E-state index in [0.717, 1.165) is 12.5 Å². The van der Waals surface area contributed by atoms with E-state index in [1.807, 2.05) is 0 Å². The lowest BCUT2D eigenvalue weighted by Crippen LogP contribution is -2.51. The molecule has 0 saturated carbocycles. The normalized spacial score (nSPS) is 10.3. The van der Waals surface area contributed by atoms with Gasteiger partial charge in [0.1, 0.15) is 0 Å². The van der Waals surface area contributed by atoms with E-state index in [-0.39, 0.29) is 5.96 Å². The van der Waals surface area contributed by atoms with Crippen molar-refractivity contribution >= 4 is 14.8 Å². The van der Waals surface area contributed by atoms with Crippen LogP contribution in [0.25, 0.3) is 0 Å². The van der Waals surface area contributed by atoms with Crippen LogP contribution < -0.4 is 16.9 Å². The summed E-state index contributed by atoms with van der Waals surface area (Å²) in [7, 11) is 2.68. The quantitative estimate of drug-likeness (QED) is 0.293. The standard InChI is InChI=1S/C6H16O3Si.CH5N3/c1-5-6-10(7-2,8-3)9-4;2-1(3)4/h5-6H2,1-4H3;(H5,2,3,4)/p+1. The van der Waals surface area contributed by atoms with Gasteiger partial charge in [-0.1, -0.05) is 13.3 Å². The summed E-state index contributed by atoms with van der Waals surface area (Å²) in [6.45, 7) is 2.08. The second-order valence-corrected chi connectivity index (χ2v) is 5.64. The van der Waals surface area contributed by atoms with Gasteiger partial charge in [0.25, 0.3) is 0 Å². The fourth-order valence-corrected chi connectivity index (χ4v) is 2.59. The Morgan fingerprint density at radius 3 is 1.50 bits per heavy atom. The molecule has 0 aromatic heterocycles. The Labute approximate surface area is 86.4 Å². The molecule has 0 aromatic rings. The van der Waals surface area contributed by atoms with Crippen molar-refractivity contribution in [3.05, 3.63) is 0 Å². The molecule has 0 fully saturated rings. The van der Waals surface area contributed by atoms with Crippen molar-refractivity contribution in [1.82, 2.24) is 0 Å². The van der Waals surface area contributed by atoms with Crippen LogP contribution in [0.15, 0.2) is 0 Å². The Morgan fingerprint density at radius 2 is 1.43 bits per heavy atom. The maximum atomic E-state index is 5.17. The second kappa shape index (κ2) is 8.94. The number of nitrogens with two attached hydrogens (primary N) is 3. The van der Waals surface area contributed by atoms with Crippen LogP contribution in [0.4, 0.5) is 0 Å². The number of guanidine groups is 1. The highest BCUT2D eigenvalue weighted by molar-refractivity contribution is 6.60. The Balaban J connectivity index is 0. The molecule has 7 heteroatoms. The Kier molecular flexibility index (Phi) is 10.1. The maximum Gasteiger partial charge on any atom is 0.500 e. The minimum absolute atomic E-state index is 0.0833. The summed E-state index contributed by atoms with van der Waals surface area (Å²) in [5.74, 6) is -0.0833. The molecule has 0 saturated heterocycles. The largest absolute Gasteiger partial charge is 0.500 e. The minimum Gasteiger partial charge on any atom is -0.377 e. The molecule has 0 amide bonds. The first kappa shape index (κ1) is 15.8. The van der Waals surface area contributed by atoms with Crippen molar-refractivity contribution in [2.75, 3.05) is 21.3 Å². The third-order valence-electron chi connectivity index (χ3n) is 1.49. The number of hydrogen-bond acceptors (Lipinski definition) is 3. The molecule has 0 heterocycles. The first-order chi connectivity index (χ1) is 6.47. The molecule has 0 aliphatic heterocycles. The monoisotopic (exact) mass is 224 g/mol. The van der Waals surface area contributed by atoms with Gasteiger partial charge in [-0.15, -0.1) is 0 Å². The Bertz CT molecular complexity index is 141.